The Morgan fingerprint density at radius 3 is 2.71 bits per heavy atom. The van der Waals surface area contributed by atoms with Crippen LogP contribution in [0.5, 0.6) is 0 Å². The molecule has 0 saturated heterocycles. The van der Waals surface area contributed by atoms with Gasteiger partial charge < -0.3 is 14.8 Å². The van der Waals surface area contributed by atoms with E-state index in [1.165, 1.54) is 0 Å². The maximum absolute atomic E-state index is 5.67. The first-order chi connectivity index (χ1) is 10.4. The van der Waals surface area contributed by atoms with E-state index in [-0.39, 0.29) is 6.04 Å². The topological polar surface area (TPSA) is 48.3 Å². The summed E-state index contributed by atoms with van der Waals surface area (Å²) in [6, 6.07) is 12.3. The van der Waals surface area contributed by atoms with Crippen LogP contribution in [0.15, 0.2) is 42.6 Å². The number of hydrogen-bond donors (Lipinski definition) is 1. The van der Waals surface area contributed by atoms with Crippen molar-refractivity contribution in [1.82, 2.24) is 15.1 Å². The normalized spacial score (nSPS) is 12.5. The van der Waals surface area contributed by atoms with Gasteiger partial charge in [0.2, 0.25) is 0 Å². The summed E-state index contributed by atoms with van der Waals surface area (Å²) in [5.74, 6) is 0. The van der Waals surface area contributed by atoms with E-state index in [2.05, 4.69) is 17.3 Å². The van der Waals surface area contributed by atoms with E-state index in [1.54, 1.807) is 7.11 Å². The summed E-state index contributed by atoms with van der Waals surface area (Å²) in [5, 5.41) is 7.88. The van der Waals surface area contributed by atoms with Gasteiger partial charge in [-0.1, -0.05) is 25.1 Å². The highest BCUT2D eigenvalue weighted by molar-refractivity contribution is 5.33. The van der Waals surface area contributed by atoms with Crippen molar-refractivity contribution in [3.8, 4) is 5.69 Å². The first-order valence-electron chi connectivity index (χ1n) is 7.26. The molecule has 1 aromatic heterocycles. The SMILES string of the molecule is CCNC(COCCOC)c1ccnn1-c1ccccc1. The predicted octanol–water partition coefficient (Wildman–Crippen LogP) is 2.19. The van der Waals surface area contributed by atoms with Crippen LogP contribution >= 0.6 is 0 Å². The fraction of sp³-hybridized carbons (Fsp3) is 0.438. The number of aromatic nitrogens is 2. The molecule has 0 bridgehead atoms. The van der Waals surface area contributed by atoms with Crippen molar-refractivity contribution in [3.63, 3.8) is 0 Å². The minimum Gasteiger partial charge on any atom is -0.382 e. The lowest BCUT2D eigenvalue weighted by molar-refractivity contribution is 0.0579. The molecule has 1 N–H and O–H groups in total. The minimum atomic E-state index is 0.106. The molecule has 0 amide bonds. The number of nitrogens with one attached hydrogen (secondary N) is 1. The molecule has 1 unspecified atom stereocenters. The summed E-state index contributed by atoms with van der Waals surface area (Å²) in [6.45, 7) is 4.76. The zero-order valence-electron chi connectivity index (χ0n) is 12.7. The standard InChI is InChI=1S/C16H23N3O2/c1-3-17-15(13-21-12-11-20-2)16-9-10-18-19(16)14-7-5-4-6-8-14/h4-10,15,17H,3,11-13H2,1-2H3. The van der Waals surface area contributed by atoms with Crippen molar-refractivity contribution in [3.05, 3.63) is 48.3 Å². The first-order valence-corrected chi connectivity index (χ1v) is 7.26. The average Bonchev–Trinajstić information content (AvgIpc) is 3.01. The molecule has 0 aliphatic carbocycles. The van der Waals surface area contributed by atoms with E-state index in [0.717, 1.165) is 17.9 Å². The minimum absolute atomic E-state index is 0.106. The van der Waals surface area contributed by atoms with Gasteiger partial charge in [0.1, 0.15) is 0 Å². The fourth-order valence-corrected chi connectivity index (χ4v) is 2.20. The molecule has 1 atom stereocenters. The largest absolute Gasteiger partial charge is 0.382 e. The highest BCUT2D eigenvalue weighted by Crippen LogP contribution is 2.17. The molecule has 2 aromatic rings. The van der Waals surface area contributed by atoms with Gasteiger partial charge in [-0.2, -0.15) is 5.10 Å². The molecular weight excluding hydrogens is 266 g/mol. The molecule has 1 aromatic carbocycles. The number of benzene rings is 1. The van der Waals surface area contributed by atoms with Crippen LogP contribution in [0.4, 0.5) is 0 Å². The molecule has 0 aliphatic heterocycles. The van der Waals surface area contributed by atoms with Gasteiger partial charge in [0.15, 0.2) is 0 Å². The Balaban J connectivity index is 2.11. The van der Waals surface area contributed by atoms with Gasteiger partial charge in [-0.05, 0) is 24.7 Å². The number of hydrogen-bond acceptors (Lipinski definition) is 4. The van der Waals surface area contributed by atoms with Crippen molar-refractivity contribution in [2.24, 2.45) is 0 Å². The molecule has 0 aliphatic rings. The Bertz CT molecular complexity index is 513. The quantitative estimate of drug-likeness (QED) is 0.719. The van der Waals surface area contributed by atoms with E-state index < -0.39 is 0 Å². The highest BCUT2D eigenvalue weighted by atomic mass is 16.5. The van der Waals surface area contributed by atoms with Crippen LogP contribution in [0.2, 0.25) is 0 Å². The summed E-state index contributed by atoms with van der Waals surface area (Å²) in [4.78, 5) is 0. The van der Waals surface area contributed by atoms with Crippen LogP contribution in [0.1, 0.15) is 18.7 Å². The van der Waals surface area contributed by atoms with Crippen LogP contribution in [-0.4, -0.2) is 43.3 Å². The van der Waals surface area contributed by atoms with Gasteiger partial charge >= 0.3 is 0 Å². The molecule has 0 radical (unpaired) electrons. The summed E-state index contributed by atoms with van der Waals surface area (Å²) >= 11 is 0. The van der Waals surface area contributed by atoms with Crippen LogP contribution in [-0.2, 0) is 9.47 Å². The van der Waals surface area contributed by atoms with Gasteiger partial charge in [0.05, 0.1) is 37.2 Å². The lowest BCUT2D eigenvalue weighted by atomic mass is 10.2. The fourth-order valence-electron chi connectivity index (χ4n) is 2.20. The van der Waals surface area contributed by atoms with Crippen molar-refractivity contribution >= 4 is 0 Å². The number of methoxy groups -OCH3 is 1. The Labute approximate surface area is 125 Å². The summed E-state index contributed by atoms with van der Waals surface area (Å²) < 4.78 is 12.6. The Kier molecular flexibility index (Phi) is 6.40. The molecule has 2 rings (SSSR count). The summed E-state index contributed by atoms with van der Waals surface area (Å²) in [5.41, 5.74) is 2.15. The monoisotopic (exact) mass is 289 g/mol. The first kappa shape index (κ1) is 15.7. The average molecular weight is 289 g/mol. The van der Waals surface area contributed by atoms with E-state index in [0.29, 0.717) is 19.8 Å². The van der Waals surface area contributed by atoms with E-state index in [1.807, 2.05) is 47.3 Å². The molecule has 0 saturated carbocycles. The molecule has 21 heavy (non-hydrogen) atoms. The number of nitrogens with zero attached hydrogens (tertiary/aromatic N) is 2. The third kappa shape index (κ3) is 4.39. The van der Waals surface area contributed by atoms with E-state index in [4.69, 9.17) is 9.47 Å². The molecule has 0 fully saturated rings. The second-order valence-corrected chi connectivity index (χ2v) is 4.68. The third-order valence-corrected chi connectivity index (χ3v) is 3.20. The molecule has 5 heteroatoms. The lowest BCUT2D eigenvalue weighted by Gasteiger charge is -2.19. The van der Waals surface area contributed by atoms with Crippen LogP contribution in [0, 0.1) is 0 Å². The smallest absolute Gasteiger partial charge is 0.0734 e. The zero-order chi connectivity index (χ0) is 14.9. The van der Waals surface area contributed by atoms with Crippen LogP contribution < -0.4 is 5.32 Å². The molecular formula is C16H23N3O2. The summed E-state index contributed by atoms with van der Waals surface area (Å²) in [6.07, 6.45) is 1.82. The molecule has 0 spiro atoms. The van der Waals surface area contributed by atoms with Gasteiger partial charge in [-0.25, -0.2) is 4.68 Å². The predicted molar refractivity (Wildman–Crippen MR) is 82.7 cm³/mol. The maximum Gasteiger partial charge on any atom is 0.0734 e. The second-order valence-electron chi connectivity index (χ2n) is 4.68. The van der Waals surface area contributed by atoms with Gasteiger partial charge in [0, 0.05) is 13.3 Å². The third-order valence-electron chi connectivity index (χ3n) is 3.20. The summed E-state index contributed by atoms with van der Waals surface area (Å²) in [7, 11) is 1.68. The van der Waals surface area contributed by atoms with Gasteiger partial charge in [0.25, 0.3) is 0 Å². The van der Waals surface area contributed by atoms with Crippen molar-refractivity contribution < 1.29 is 9.47 Å². The number of ether oxygens (including phenoxy) is 2. The molecule has 114 valence electrons. The van der Waals surface area contributed by atoms with Crippen molar-refractivity contribution in [2.45, 2.75) is 13.0 Å². The zero-order valence-corrected chi connectivity index (χ0v) is 12.7. The van der Waals surface area contributed by atoms with E-state index >= 15 is 0 Å². The van der Waals surface area contributed by atoms with E-state index in [9.17, 15) is 0 Å². The lowest BCUT2D eigenvalue weighted by Crippen LogP contribution is -2.28. The molecule has 1 heterocycles. The number of likely N-dealkylation sites (N-methyl/N-ethyl adjacent to an activating group) is 1. The Morgan fingerprint density at radius 1 is 1.19 bits per heavy atom. The van der Waals surface area contributed by atoms with Crippen molar-refractivity contribution in [1.29, 1.82) is 0 Å². The highest BCUT2D eigenvalue weighted by Gasteiger charge is 2.16. The van der Waals surface area contributed by atoms with Gasteiger partial charge in [-0.15, -0.1) is 0 Å². The van der Waals surface area contributed by atoms with Crippen LogP contribution in [0.3, 0.4) is 0 Å². The van der Waals surface area contributed by atoms with Crippen molar-refractivity contribution in [2.75, 3.05) is 33.5 Å². The van der Waals surface area contributed by atoms with Crippen LogP contribution in [0.25, 0.3) is 5.69 Å². The Hall–Kier alpha value is -1.69. The molecule has 5 nitrogen and oxygen atoms in total. The Morgan fingerprint density at radius 2 is 2.00 bits per heavy atom. The second kappa shape index (κ2) is 8.56. The maximum atomic E-state index is 5.67. The number of rotatable bonds is 9. The number of para-hydroxylation sites is 1. The van der Waals surface area contributed by atoms with Gasteiger partial charge in [-0.3, -0.25) is 0 Å².